The first-order valence-corrected chi connectivity index (χ1v) is 12.2. The van der Waals surface area contributed by atoms with Gasteiger partial charge in [0.25, 0.3) is 0 Å². The Balaban J connectivity index is 1.96. The van der Waals surface area contributed by atoms with Crippen LogP contribution in [0.15, 0.2) is 42.2 Å². The van der Waals surface area contributed by atoms with E-state index in [1.807, 2.05) is 45.0 Å². The van der Waals surface area contributed by atoms with Gasteiger partial charge in [-0.05, 0) is 68.0 Å². The van der Waals surface area contributed by atoms with Crippen LogP contribution in [0, 0.1) is 11.2 Å². The van der Waals surface area contributed by atoms with Crippen LogP contribution in [0.5, 0.6) is 0 Å². The van der Waals surface area contributed by atoms with Crippen LogP contribution in [0.4, 0.5) is 4.39 Å². The number of benzene rings is 2. The fourth-order valence-corrected chi connectivity index (χ4v) is 5.62. The molecule has 2 aromatic rings. The quantitative estimate of drug-likeness (QED) is 0.485. The van der Waals surface area contributed by atoms with Gasteiger partial charge in [-0.15, -0.1) is 0 Å². The number of rotatable bonds is 3. The Morgan fingerprint density at radius 2 is 1.76 bits per heavy atom. The summed E-state index contributed by atoms with van der Waals surface area (Å²) in [5, 5.41) is 4.52. The molecule has 1 saturated heterocycles. The van der Waals surface area contributed by atoms with Gasteiger partial charge in [-0.3, -0.25) is 0 Å². The van der Waals surface area contributed by atoms with Crippen LogP contribution in [0.1, 0.15) is 70.6 Å². The van der Waals surface area contributed by atoms with Crippen molar-refractivity contribution >= 4 is 29.3 Å². The van der Waals surface area contributed by atoms with Crippen LogP contribution < -0.4 is 11.1 Å². The fourth-order valence-electron chi connectivity index (χ4n) is 5.27. The molecule has 0 spiro atoms. The predicted octanol–water partition coefficient (Wildman–Crippen LogP) is 7.02. The molecule has 0 aromatic heterocycles. The van der Waals surface area contributed by atoms with Crippen LogP contribution in [0.3, 0.4) is 0 Å². The van der Waals surface area contributed by atoms with Crippen LogP contribution in [0.25, 0.3) is 6.08 Å². The maximum absolute atomic E-state index is 14.7. The van der Waals surface area contributed by atoms with Crippen molar-refractivity contribution in [1.29, 1.82) is 0 Å². The predicted molar refractivity (Wildman–Crippen MR) is 135 cm³/mol. The highest BCUT2D eigenvalue weighted by atomic mass is 35.5. The Bertz CT molecular complexity index is 1100. The molecule has 1 fully saturated rings. The van der Waals surface area contributed by atoms with E-state index in [2.05, 4.69) is 32.2 Å². The van der Waals surface area contributed by atoms with Crippen molar-refractivity contribution in [2.75, 3.05) is 0 Å². The lowest BCUT2D eigenvalue weighted by molar-refractivity contribution is 0.0397. The van der Waals surface area contributed by atoms with Crippen LogP contribution in [0.2, 0.25) is 10.0 Å². The largest absolute Gasteiger partial charge is 0.491 e. The van der Waals surface area contributed by atoms with Crippen molar-refractivity contribution in [2.45, 2.75) is 77.1 Å². The molecule has 178 valence electrons. The average molecular weight is 491 g/mol. The van der Waals surface area contributed by atoms with E-state index in [0.29, 0.717) is 10.6 Å². The Hall–Kier alpha value is -1.59. The van der Waals surface area contributed by atoms with Gasteiger partial charge in [0.05, 0.1) is 16.6 Å². The Morgan fingerprint density at radius 3 is 2.36 bits per heavy atom. The second-order valence-corrected chi connectivity index (χ2v) is 12.3. The molecular formula is C27H33Cl2FN2O. The Kier molecular flexibility index (Phi) is 6.14. The summed E-state index contributed by atoms with van der Waals surface area (Å²) in [6, 6.07) is 10.5. The average Bonchev–Trinajstić information content (AvgIpc) is 2.96. The number of fused-ring (bicyclic) bond motifs is 3. The fraction of sp³-hybridized carbons (Fsp3) is 0.481. The molecule has 3 nitrogen and oxygen atoms in total. The smallest absolute Gasteiger partial charge is 0.142 e. The number of hydrogen-bond acceptors (Lipinski definition) is 3. The van der Waals surface area contributed by atoms with E-state index in [1.54, 1.807) is 6.07 Å². The van der Waals surface area contributed by atoms with E-state index >= 15 is 0 Å². The van der Waals surface area contributed by atoms with Gasteiger partial charge in [-0.2, -0.15) is 0 Å². The summed E-state index contributed by atoms with van der Waals surface area (Å²) in [4.78, 5) is 0. The van der Waals surface area contributed by atoms with Gasteiger partial charge in [0.1, 0.15) is 17.2 Å². The highest BCUT2D eigenvalue weighted by Gasteiger charge is 2.58. The van der Waals surface area contributed by atoms with Gasteiger partial charge in [0.2, 0.25) is 0 Å². The number of halogens is 3. The number of nitrogens with one attached hydrogen (secondary N) is 1. The normalized spacial score (nSPS) is 27.1. The van der Waals surface area contributed by atoms with Crippen molar-refractivity contribution in [3.05, 3.63) is 74.7 Å². The molecule has 0 saturated carbocycles. The van der Waals surface area contributed by atoms with Crippen molar-refractivity contribution in [3.63, 3.8) is 0 Å². The lowest BCUT2D eigenvalue weighted by atomic mass is 9.66. The molecule has 6 heteroatoms. The standard InChI is InChI=1S/C27H33Cl2FN2O/c1-25(2,3)14-22-27(31,15-10-11-19(29)20(30)12-15)23-16-8-7-9-18(28)17(16)13-21(24(23)32-22)33-26(4,5)6/h7-13,22-24,32H,14,31H2,1-6H3. The maximum Gasteiger partial charge on any atom is 0.142 e. The third-order valence-electron chi connectivity index (χ3n) is 6.48. The summed E-state index contributed by atoms with van der Waals surface area (Å²) >= 11 is 12.7. The second-order valence-electron chi connectivity index (χ2n) is 11.5. The minimum absolute atomic E-state index is 0.00727. The number of hydrogen-bond donors (Lipinski definition) is 2. The zero-order valence-electron chi connectivity index (χ0n) is 20.1. The molecule has 4 atom stereocenters. The lowest BCUT2D eigenvalue weighted by Gasteiger charge is -2.41. The van der Waals surface area contributed by atoms with E-state index in [9.17, 15) is 4.39 Å². The highest BCUT2D eigenvalue weighted by Crippen LogP contribution is 2.53. The molecule has 2 aromatic carbocycles. The van der Waals surface area contributed by atoms with Crippen molar-refractivity contribution in [1.82, 2.24) is 5.32 Å². The van der Waals surface area contributed by atoms with Gasteiger partial charge in [-0.25, -0.2) is 4.39 Å². The minimum Gasteiger partial charge on any atom is -0.491 e. The number of ether oxygens (including phenoxy) is 1. The maximum atomic E-state index is 14.7. The van der Waals surface area contributed by atoms with E-state index in [1.165, 1.54) is 6.07 Å². The number of nitrogens with two attached hydrogens (primary N) is 1. The topological polar surface area (TPSA) is 47.3 Å². The molecule has 1 aliphatic heterocycles. The molecule has 33 heavy (non-hydrogen) atoms. The SMILES string of the molecule is CC(C)(C)CC1NC2C(OC(C)(C)C)=Cc3c(Cl)cccc3C2C1(N)c1ccc(Cl)c(F)c1. The van der Waals surface area contributed by atoms with E-state index in [4.69, 9.17) is 33.7 Å². The summed E-state index contributed by atoms with van der Waals surface area (Å²) in [5.41, 5.74) is 8.73. The van der Waals surface area contributed by atoms with E-state index in [0.717, 1.165) is 23.3 Å². The first-order valence-electron chi connectivity index (χ1n) is 11.4. The molecular weight excluding hydrogens is 458 g/mol. The first kappa shape index (κ1) is 24.5. The second kappa shape index (κ2) is 8.27. The minimum atomic E-state index is -0.913. The van der Waals surface area contributed by atoms with Crippen molar-refractivity contribution in [2.24, 2.45) is 11.1 Å². The van der Waals surface area contributed by atoms with Crippen LogP contribution >= 0.6 is 23.2 Å². The van der Waals surface area contributed by atoms with Crippen molar-refractivity contribution in [3.8, 4) is 0 Å². The first-order chi connectivity index (χ1) is 15.2. The Labute approximate surface area is 206 Å². The molecule has 4 rings (SSSR count). The van der Waals surface area contributed by atoms with Gasteiger partial charge in [0.15, 0.2) is 0 Å². The van der Waals surface area contributed by atoms with Gasteiger partial charge in [0, 0.05) is 22.5 Å². The van der Waals surface area contributed by atoms with Crippen molar-refractivity contribution < 1.29 is 9.13 Å². The summed E-state index contributed by atoms with van der Waals surface area (Å²) in [7, 11) is 0. The summed E-state index contributed by atoms with van der Waals surface area (Å²) in [5.74, 6) is 0.121. The molecule has 1 heterocycles. The zero-order valence-corrected chi connectivity index (χ0v) is 21.6. The third kappa shape index (κ3) is 4.55. The summed E-state index contributed by atoms with van der Waals surface area (Å²) in [6.45, 7) is 12.6. The van der Waals surface area contributed by atoms with Crippen LogP contribution in [-0.4, -0.2) is 17.7 Å². The van der Waals surface area contributed by atoms with Crippen LogP contribution in [-0.2, 0) is 10.3 Å². The van der Waals surface area contributed by atoms with E-state index in [-0.39, 0.29) is 28.4 Å². The van der Waals surface area contributed by atoms with Gasteiger partial charge < -0.3 is 15.8 Å². The molecule has 0 amide bonds. The highest BCUT2D eigenvalue weighted by molar-refractivity contribution is 6.32. The molecule has 0 bridgehead atoms. The third-order valence-corrected chi connectivity index (χ3v) is 7.12. The van der Waals surface area contributed by atoms with Gasteiger partial charge >= 0.3 is 0 Å². The summed E-state index contributed by atoms with van der Waals surface area (Å²) in [6.07, 6.45) is 2.82. The molecule has 3 N–H and O–H groups in total. The zero-order chi connectivity index (χ0) is 24.3. The lowest BCUT2D eigenvalue weighted by Crippen LogP contribution is -2.52. The molecule has 4 unspecified atom stereocenters. The molecule has 2 aliphatic rings. The summed E-state index contributed by atoms with van der Waals surface area (Å²) < 4.78 is 21.1. The van der Waals surface area contributed by atoms with Gasteiger partial charge in [-0.1, -0.05) is 62.2 Å². The Morgan fingerprint density at radius 1 is 1.06 bits per heavy atom. The monoisotopic (exact) mass is 490 g/mol. The molecule has 1 aliphatic carbocycles. The molecule has 0 radical (unpaired) electrons. The van der Waals surface area contributed by atoms with E-state index < -0.39 is 17.0 Å².